The first-order valence-electron chi connectivity index (χ1n) is 13.2. The number of Topliss-reactive ketones (excluding diaryl/α,β-unsaturated/α-hetero) is 2. The minimum Gasteiger partial charge on any atom is -0.373 e. The molecule has 33 heavy (non-hydrogen) atoms. The van der Waals surface area contributed by atoms with Gasteiger partial charge in [0.2, 0.25) is 0 Å². The summed E-state index contributed by atoms with van der Waals surface area (Å²) >= 11 is 0. The summed E-state index contributed by atoms with van der Waals surface area (Å²) in [6, 6.07) is -0.119. The van der Waals surface area contributed by atoms with Gasteiger partial charge in [0.1, 0.15) is 17.6 Å². The van der Waals surface area contributed by atoms with Crippen molar-refractivity contribution < 1.29 is 14.3 Å². The van der Waals surface area contributed by atoms with Crippen LogP contribution in [0.1, 0.15) is 79.6 Å². The van der Waals surface area contributed by atoms with Gasteiger partial charge in [-0.15, -0.1) is 0 Å². The normalized spacial score (nSPS) is 49.6. The van der Waals surface area contributed by atoms with Crippen LogP contribution < -0.4 is 0 Å². The fourth-order valence-corrected chi connectivity index (χ4v) is 9.59. The molecule has 6 heteroatoms. The molecular formula is C27H42N2O4. The molecule has 1 heterocycles. The molecule has 6 nitrogen and oxygen atoms in total. The van der Waals surface area contributed by atoms with E-state index in [1.165, 1.54) is 0 Å². The molecule has 0 aromatic rings. The Morgan fingerprint density at radius 1 is 1.09 bits per heavy atom. The fraction of sp³-hybridized carbons (Fsp3) is 0.926. The highest BCUT2D eigenvalue weighted by Gasteiger charge is 2.65. The highest BCUT2D eigenvalue weighted by Crippen LogP contribution is 2.66. The average molecular weight is 459 g/mol. The highest BCUT2D eigenvalue weighted by molar-refractivity contribution is 5.87. The molecule has 9 atom stereocenters. The third kappa shape index (κ3) is 3.57. The van der Waals surface area contributed by atoms with Crippen LogP contribution in [0.25, 0.3) is 0 Å². The molecule has 1 saturated heterocycles. The number of carbonyl (C=O) groups excluding carboxylic acids is 2. The lowest BCUT2D eigenvalue weighted by Crippen LogP contribution is -2.63. The van der Waals surface area contributed by atoms with E-state index in [9.17, 15) is 14.5 Å². The molecule has 0 amide bonds. The summed E-state index contributed by atoms with van der Waals surface area (Å²) in [5.41, 5.74) is -0.487. The van der Waals surface area contributed by atoms with Gasteiger partial charge in [0, 0.05) is 37.4 Å². The molecule has 0 spiro atoms. The Labute approximate surface area is 198 Å². The number of rotatable bonds is 3. The third-order valence-electron chi connectivity index (χ3n) is 10.9. The average Bonchev–Trinajstić information content (AvgIpc) is 3.08. The second-order valence-electron chi connectivity index (χ2n) is 13.2. The molecule has 4 saturated carbocycles. The molecule has 5 fully saturated rings. The zero-order valence-electron chi connectivity index (χ0n) is 21.1. The quantitative estimate of drug-likeness (QED) is 0.576. The second kappa shape index (κ2) is 7.94. The Kier molecular flexibility index (Phi) is 5.68. The molecule has 0 bridgehead atoms. The first kappa shape index (κ1) is 23.6. The molecule has 0 radical (unpaired) electrons. The number of ketones is 2. The standard InChI is InChI=1S/C27H42N2O4/c1-16(30)19-8-9-20-18-7-6-17-12-21(28-32)22(29-10-11-33-25(2,3)15-29)13-26(17,4)24(18)23(31)14-27(19,20)5/h17-22,24H,6-15H2,1-5H3/t17-,18?,19?,20?,21-,22?,24?,26?,27?/m0/s1. The Bertz CT molecular complexity index is 842. The maximum Gasteiger partial charge on any atom is 0.137 e. The number of hydrogen-bond donors (Lipinski definition) is 0. The number of nitrogens with zero attached hydrogens (tertiary/aromatic N) is 2. The lowest BCUT2D eigenvalue weighted by atomic mass is 9.43. The maximum absolute atomic E-state index is 13.9. The summed E-state index contributed by atoms with van der Waals surface area (Å²) < 4.78 is 5.95. The van der Waals surface area contributed by atoms with Gasteiger partial charge >= 0.3 is 0 Å². The summed E-state index contributed by atoms with van der Waals surface area (Å²) in [7, 11) is 0. The van der Waals surface area contributed by atoms with Crippen molar-refractivity contribution in [2.75, 3.05) is 19.7 Å². The number of carbonyl (C=O) groups is 2. The van der Waals surface area contributed by atoms with Crippen LogP contribution >= 0.6 is 0 Å². The summed E-state index contributed by atoms with van der Waals surface area (Å²) in [6.07, 6.45) is 6.38. The smallest absolute Gasteiger partial charge is 0.137 e. The molecule has 7 unspecified atom stereocenters. The van der Waals surface area contributed by atoms with Gasteiger partial charge in [-0.3, -0.25) is 14.5 Å². The van der Waals surface area contributed by atoms with Gasteiger partial charge in [0.25, 0.3) is 0 Å². The van der Waals surface area contributed by atoms with Crippen molar-refractivity contribution in [2.24, 2.45) is 45.6 Å². The van der Waals surface area contributed by atoms with Crippen molar-refractivity contribution in [2.45, 2.75) is 97.2 Å². The number of morpholine rings is 1. The predicted molar refractivity (Wildman–Crippen MR) is 127 cm³/mol. The summed E-state index contributed by atoms with van der Waals surface area (Å²) in [4.78, 5) is 40.8. The molecule has 184 valence electrons. The van der Waals surface area contributed by atoms with Crippen LogP contribution in [0.15, 0.2) is 5.18 Å². The van der Waals surface area contributed by atoms with Crippen molar-refractivity contribution in [3.8, 4) is 0 Å². The third-order valence-corrected chi connectivity index (χ3v) is 10.9. The van der Waals surface area contributed by atoms with Crippen molar-refractivity contribution in [1.82, 2.24) is 4.90 Å². The van der Waals surface area contributed by atoms with Crippen molar-refractivity contribution in [1.29, 1.82) is 0 Å². The van der Waals surface area contributed by atoms with E-state index in [-0.39, 0.29) is 46.1 Å². The number of fused-ring (bicyclic) bond motifs is 5. The molecule has 1 aliphatic heterocycles. The molecule has 5 rings (SSSR count). The van der Waals surface area contributed by atoms with Crippen LogP contribution in [0.5, 0.6) is 0 Å². The molecule has 5 aliphatic rings. The SMILES string of the molecule is CC(=O)C1CCC2C3CC[C@H]4C[C@H](N=O)C(N5CCOC(C)(C)C5)CC4(C)C3C(=O)CC12C. The minimum atomic E-state index is -0.230. The van der Waals surface area contributed by atoms with Crippen LogP contribution in [0.3, 0.4) is 0 Å². The van der Waals surface area contributed by atoms with E-state index in [1.54, 1.807) is 6.92 Å². The van der Waals surface area contributed by atoms with E-state index in [0.717, 1.165) is 51.6 Å². The Balaban J connectivity index is 1.46. The largest absolute Gasteiger partial charge is 0.373 e. The van der Waals surface area contributed by atoms with Gasteiger partial charge in [-0.2, -0.15) is 4.91 Å². The first-order valence-corrected chi connectivity index (χ1v) is 13.2. The van der Waals surface area contributed by atoms with Gasteiger partial charge in [-0.25, -0.2) is 0 Å². The Hall–Kier alpha value is -1.14. The van der Waals surface area contributed by atoms with Crippen LogP contribution in [0, 0.1) is 45.3 Å². The predicted octanol–water partition coefficient (Wildman–Crippen LogP) is 4.64. The van der Waals surface area contributed by atoms with Crippen molar-refractivity contribution in [3.05, 3.63) is 4.91 Å². The van der Waals surface area contributed by atoms with Gasteiger partial charge in [0.15, 0.2) is 0 Å². The number of nitroso groups, excluding NO2 is 1. The van der Waals surface area contributed by atoms with Gasteiger partial charge < -0.3 is 4.74 Å². The summed E-state index contributed by atoms with van der Waals surface area (Å²) in [6.45, 7) is 12.8. The monoisotopic (exact) mass is 458 g/mol. The first-order chi connectivity index (χ1) is 15.5. The zero-order valence-corrected chi connectivity index (χ0v) is 21.1. The van der Waals surface area contributed by atoms with Gasteiger partial charge in [-0.05, 0) is 87.9 Å². The van der Waals surface area contributed by atoms with E-state index in [2.05, 4.69) is 37.8 Å². The van der Waals surface area contributed by atoms with Crippen molar-refractivity contribution >= 4 is 11.6 Å². The van der Waals surface area contributed by atoms with Crippen LogP contribution in [-0.4, -0.2) is 53.8 Å². The zero-order chi connectivity index (χ0) is 23.8. The molecule has 0 N–H and O–H groups in total. The summed E-state index contributed by atoms with van der Waals surface area (Å²) in [5.74, 6) is 1.97. The van der Waals surface area contributed by atoms with E-state index in [0.29, 0.717) is 36.6 Å². The lowest BCUT2D eigenvalue weighted by Gasteiger charge is -2.61. The van der Waals surface area contributed by atoms with Gasteiger partial charge in [0.05, 0.1) is 12.2 Å². The topological polar surface area (TPSA) is 76.0 Å². The van der Waals surface area contributed by atoms with E-state index < -0.39 is 0 Å². The maximum atomic E-state index is 13.9. The lowest BCUT2D eigenvalue weighted by molar-refractivity contribution is -0.166. The number of hydrogen-bond acceptors (Lipinski definition) is 6. The van der Waals surface area contributed by atoms with E-state index in [4.69, 9.17) is 4.74 Å². The molecule has 0 aromatic carbocycles. The van der Waals surface area contributed by atoms with Crippen molar-refractivity contribution in [3.63, 3.8) is 0 Å². The molecule has 0 aromatic heterocycles. The summed E-state index contributed by atoms with van der Waals surface area (Å²) in [5, 5.41) is 3.64. The van der Waals surface area contributed by atoms with Crippen LogP contribution in [0.4, 0.5) is 0 Å². The molecule has 4 aliphatic carbocycles. The van der Waals surface area contributed by atoms with E-state index >= 15 is 0 Å². The van der Waals surface area contributed by atoms with Crippen LogP contribution in [0.2, 0.25) is 0 Å². The Morgan fingerprint density at radius 3 is 2.52 bits per heavy atom. The highest BCUT2D eigenvalue weighted by atomic mass is 16.5. The fourth-order valence-electron chi connectivity index (χ4n) is 9.59. The van der Waals surface area contributed by atoms with E-state index in [1.807, 2.05) is 0 Å². The minimum absolute atomic E-state index is 0.0382. The Morgan fingerprint density at radius 2 is 1.85 bits per heavy atom. The van der Waals surface area contributed by atoms with Crippen LogP contribution in [-0.2, 0) is 14.3 Å². The molecular weight excluding hydrogens is 416 g/mol. The van der Waals surface area contributed by atoms with Gasteiger partial charge in [-0.1, -0.05) is 19.0 Å². The number of ether oxygens (including phenoxy) is 1. The second-order valence-corrected chi connectivity index (χ2v) is 13.2.